The number of amides is 2. The molecule has 11 heteroatoms. The van der Waals surface area contributed by atoms with Gasteiger partial charge in [-0.2, -0.15) is 0 Å². The third kappa shape index (κ3) is 4.03. The van der Waals surface area contributed by atoms with Gasteiger partial charge in [-0.1, -0.05) is 18.2 Å². The van der Waals surface area contributed by atoms with E-state index in [1.165, 1.54) is 17.0 Å². The smallest absolute Gasteiger partial charge is 0.269 e. The molecule has 1 aliphatic carbocycles. The lowest BCUT2D eigenvalue weighted by Gasteiger charge is -2.36. The van der Waals surface area contributed by atoms with E-state index in [1.54, 1.807) is 17.0 Å². The van der Waals surface area contributed by atoms with E-state index in [9.17, 15) is 19.7 Å². The number of aliphatic imine (C=N–C) groups is 2. The molecule has 1 aromatic carbocycles. The predicted molar refractivity (Wildman–Crippen MR) is 131 cm³/mol. The lowest BCUT2D eigenvalue weighted by molar-refractivity contribution is -0.384. The second kappa shape index (κ2) is 8.90. The number of hydrogen-bond acceptors (Lipinski definition) is 7. The highest BCUT2D eigenvalue weighted by molar-refractivity contribution is 7.80. The minimum Gasteiger partial charge on any atom is -0.368 e. The van der Waals surface area contributed by atoms with Gasteiger partial charge in [0.05, 0.1) is 16.6 Å². The van der Waals surface area contributed by atoms with Crippen molar-refractivity contribution >= 4 is 52.1 Å². The number of amidine groups is 1. The second-order valence-corrected chi connectivity index (χ2v) is 8.76. The third-order valence-corrected chi connectivity index (χ3v) is 6.68. The Morgan fingerprint density at radius 3 is 2.59 bits per heavy atom. The SMILES string of the molecule is O=C(CCC1N=C2C3C=CC=CC3=NC(=S)N2C1=O)N1CCN(c2ccc([N+](=O)[O-])cc2)CC1. The largest absolute Gasteiger partial charge is 0.368 e. The van der Waals surface area contributed by atoms with E-state index in [0.717, 1.165) is 11.4 Å². The first kappa shape index (κ1) is 22.1. The Morgan fingerprint density at radius 1 is 1.15 bits per heavy atom. The summed E-state index contributed by atoms with van der Waals surface area (Å²) in [6, 6.07) is 5.80. The number of carbonyl (C=O) groups excluding carboxylic acids is 2. The van der Waals surface area contributed by atoms with Crippen LogP contribution in [0.1, 0.15) is 12.8 Å². The zero-order valence-electron chi connectivity index (χ0n) is 18.2. The molecule has 2 unspecified atom stereocenters. The van der Waals surface area contributed by atoms with E-state index in [2.05, 4.69) is 14.9 Å². The minimum atomic E-state index is -0.632. The highest BCUT2D eigenvalue weighted by atomic mass is 32.1. The summed E-state index contributed by atoms with van der Waals surface area (Å²) < 4.78 is 0. The number of nitrogens with zero attached hydrogens (tertiary/aromatic N) is 6. The number of nitro benzene ring substituents is 1. The summed E-state index contributed by atoms with van der Waals surface area (Å²) in [7, 11) is 0. The van der Waals surface area contributed by atoms with Crippen LogP contribution in [-0.4, -0.2) is 75.4 Å². The molecule has 1 saturated heterocycles. The van der Waals surface area contributed by atoms with Gasteiger partial charge >= 0.3 is 0 Å². The quantitative estimate of drug-likeness (QED) is 0.364. The zero-order chi connectivity index (χ0) is 23.8. The molecule has 0 saturated carbocycles. The number of non-ortho nitro benzene ring substituents is 1. The predicted octanol–water partition coefficient (Wildman–Crippen LogP) is 2.11. The van der Waals surface area contributed by atoms with Crippen LogP contribution in [0.3, 0.4) is 0 Å². The number of anilines is 1. The molecule has 1 fully saturated rings. The van der Waals surface area contributed by atoms with Crippen LogP contribution in [0.15, 0.2) is 58.6 Å². The van der Waals surface area contributed by atoms with Gasteiger partial charge in [0.25, 0.3) is 11.6 Å². The van der Waals surface area contributed by atoms with Crippen LogP contribution in [0, 0.1) is 16.0 Å². The number of fused-ring (bicyclic) bond motifs is 3. The molecular weight excluding hydrogens is 456 g/mol. The average molecular weight is 479 g/mol. The standard InChI is InChI=1S/C23H22N6O4S/c30-20(27-13-11-26(12-14-27)15-5-7-16(8-6-15)29(32)33)10-9-19-22(31)28-21(24-19)17-3-1-2-4-18(17)25-23(28)34/h1-8,17,19H,9-14H2. The monoisotopic (exact) mass is 478 g/mol. The molecule has 0 N–H and O–H groups in total. The topological polar surface area (TPSA) is 112 Å². The van der Waals surface area contributed by atoms with Gasteiger partial charge in [0, 0.05) is 50.4 Å². The highest BCUT2D eigenvalue weighted by Crippen LogP contribution is 2.28. The minimum absolute atomic E-state index is 0.0127. The van der Waals surface area contributed by atoms with Crippen LogP contribution in [-0.2, 0) is 9.59 Å². The van der Waals surface area contributed by atoms with Crippen molar-refractivity contribution in [3.63, 3.8) is 0 Å². The van der Waals surface area contributed by atoms with E-state index >= 15 is 0 Å². The van der Waals surface area contributed by atoms with Gasteiger partial charge in [-0.25, -0.2) is 9.89 Å². The first-order chi connectivity index (χ1) is 16.4. The molecule has 0 aromatic heterocycles. The van der Waals surface area contributed by atoms with Crippen molar-refractivity contribution in [2.24, 2.45) is 15.9 Å². The molecule has 174 valence electrons. The molecule has 0 bridgehead atoms. The molecule has 0 radical (unpaired) electrons. The van der Waals surface area contributed by atoms with Crippen LogP contribution >= 0.6 is 12.2 Å². The highest BCUT2D eigenvalue weighted by Gasteiger charge is 2.43. The molecule has 1 aromatic rings. The van der Waals surface area contributed by atoms with Gasteiger partial charge in [0.2, 0.25) is 11.0 Å². The number of rotatable bonds is 5. The fourth-order valence-corrected chi connectivity index (χ4v) is 4.86. The van der Waals surface area contributed by atoms with Gasteiger partial charge in [-0.05, 0) is 36.8 Å². The zero-order valence-corrected chi connectivity index (χ0v) is 19.1. The van der Waals surface area contributed by atoms with Crippen molar-refractivity contribution in [3.8, 4) is 0 Å². The van der Waals surface area contributed by atoms with E-state index in [4.69, 9.17) is 12.2 Å². The number of benzene rings is 1. The van der Waals surface area contributed by atoms with Gasteiger partial charge in [0.1, 0.15) is 11.9 Å². The van der Waals surface area contributed by atoms with E-state index in [1.807, 2.05) is 24.3 Å². The Balaban J connectivity index is 1.16. The number of nitro groups is 1. The van der Waals surface area contributed by atoms with Crippen LogP contribution < -0.4 is 4.90 Å². The summed E-state index contributed by atoms with van der Waals surface area (Å²) in [6.07, 6.45) is 8.13. The summed E-state index contributed by atoms with van der Waals surface area (Å²) in [6.45, 7) is 2.38. The van der Waals surface area contributed by atoms with Crippen LogP contribution in [0.25, 0.3) is 0 Å². The number of thiocarbonyl (C=S) groups is 1. The van der Waals surface area contributed by atoms with Gasteiger partial charge in [-0.15, -0.1) is 0 Å². The van der Waals surface area contributed by atoms with Crippen molar-refractivity contribution in [2.45, 2.75) is 18.9 Å². The summed E-state index contributed by atoms with van der Waals surface area (Å²) in [5.74, 6) is 0.173. The van der Waals surface area contributed by atoms with Crippen LogP contribution in [0.2, 0.25) is 0 Å². The van der Waals surface area contributed by atoms with Gasteiger partial charge in [0.15, 0.2) is 0 Å². The number of hydrogen-bond donors (Lipinski definition) is 0. The van der Waals surface area contributed by atoms with Crippen molar-refractivity contribution in [3.05, 3.63) is 58.7 Å². The Bertz CT molecular complexity index is 1180. The number of piperazine rings is 1. The molecule has 10 nitrogen and oxygen atoms in total. The molecule has 3 heterocycles. The van der Waals surface area contributed by atoms with Crippen molar-refractivity contribution in [2.75, 3.05) is 31.1 Å². The average Bonchev–Trinajstić information content (AvgIpc) is 3.19. The number of allylic oxidation sites excluding steroid dienone is 3. The van der Waals surface area contributed by atoms with Gasteiger partial charge in [-0.3, -0.25) is 24.7 Å². The molecule has 34 heavy (non-hydrogen) atoms. The Hall–Kier alpha value is -3.73. The summed E-state index contributed by atoms with van der Waals surface area (Å²) in [5.41, 5.74) is 1.72. The summed E-state index contributed by atoms with van der Waals surface area (Å²) >= 11 is 5.32. The first-order valence-corrected chi connectivity index (χ1v) is 11.5. The molecule has 4 aliphatic rings. The van der Waals surface area contributed by atoms with Crippen molar-refractivity contribution in [1.29, 1.82) is 0 Å². The maximum absolute atomic E-state index is 12.9. The lowest BCUT2D eigenvalue weighted by atomic mass is 9.95. The fourth-order valence-electron chi connectivity index (χ4n) is 4.57. The molecule has 2 atom stereocenters. The maximum Gasteiger partial charge on any atom is 0.269 e. The second-order valence-electron chi connectivity index (χ2n) is 8.40. The maximum atomic E-state index is 12.9. The van der Waals surface area contributed by atoms with E-state index in [-0.39, 0.29) is 35.0 Å². The Labute approximate surface area is 201 Å². The lowest BCUT2D eigenvalue weighted by Crippen LogP contribution is -2.49. The third-order valence-electron chi connectivity index (χ3n) is 6.41. The summed E-state index contributed by atoms with van der Waals surface area (Å²) in [4.78, 5) is 50.4. The van der Waals surface area contributed by atoms with Crippen molar-refractivity contribution in [1.82, 2.24) is 9.80 Å². The number of carbonyl (C=O) groups is 2. The fraction of sp³-hybridized carbons (Fsp3) is 0.348. The van der Waals surface area contributed by atoms with Crippen molar-refractivity contribution < 1.29 is 14.5 Å². The first-order valence-electron chi connectivity index (χ1n) is 11.1. The Kier molecular flexibility index (Phi) is 5.78. The normalized spacial score (nSPS) is 23.5. The summed E-state index contributed by atoms with van der Waals surface area (Å²) in [5, 5.41) is 11.0. The molecule has 2 amide bonds. The molecule has 3 aliphatic heterocycles. The van der Waals surface area contributed by atoms with E-state index < -0.39 is 11.0 Å². The Morgan fingerprint density at radius 2 is 1.88 bits per heavy atom. The molecule has 5 rings (SSSR count). The van der Waals surface area contributed by atoms with E-state index in [0.29, 0.717) is 38.4 Å². The van der Waals surface area contributed by atoms with Gasteiger partial charge < -0.3 is 9.80 Å². The molecular formula is C23H22N6O4S. The van der Waals surface area contributed by atoms with Crippen LogP contribution in [0.5, 0.6) is 0 Å². The van der Waals surface area contributed by atoms with Crippen LogP contribution in [0.4, 0.5) is 11.4 Å². The molecule has 0 spiro atoms.